The third kappa shape index (κ3) is 4.99. The number of halogens is 1. The monoisotopic (exact) mass is 342 g/mol. The quantitative estimate of drug-likeness (QED) is 0.834. The molecule has 0 saturated heterocycles. The van der Waals surface area contributed by atoms with Gasteiger partial charge in [-0.3, -0.25) is 4.21 Å². The Labute approximate surface area is 139 Å². The Morgan fingerprint density at radius 3 is 2.45 bits per heavy atom. The largest absolute Gasteiger partial charge is 0.335 e. The summed E-state index contributed by atoms with van der Waals surface area (Å²) in [6.45, 7) is 4.05. The third-order valence-electron chi connectivity index (χ3n) is 3.98. The number of urea groups is 1. The molecule has 1 aromatic rings. The number of hydrogen-bond acceptors (Lipinski definition) is 2. The van der Waals surface area contributed by atoms with Crippen molar-refractivity contribution >= 4 is 28.4 Å². The minimum atomic E-state index is -0.923. The summed E-state index contributed by atoms with van der Waals surface area (Å²) in [4.78, 5) is 12.2. The van der Waals surface area contributed by atoms with E-state index in [-0.39, 0.29) is 18.1 Å². The Hall–Kier alpha value is -1.07. The summed E-state index contributed by atoms with van der Waals surface area (Å²) in [5, 5.41) is 6.60. The van der Waals surface area contributed by atoms with E-state index in [0.29, 0.717) is 22.6 Å². The summed E-state index contributed by atoms with van der Waals surface area (Å²) in [6, 6.07) is 7.28. The van der Waals surface area contributed by atoms with Crippen LogP contribution in [-0.4, -0.2) is 28.3 Å². The minimum absolute atomic E-state index is 0.00779. The van der Waals surface area contributed by atoms with Gasteiger partial charge in [0.25, 0.3) is 0 Å². The molecule has 0 radical (unpaired) electrons. The topological polar surface area (TPSA) is 58.2 Å². The van der Waals surface area contributed by atoms with Crippen LogP contribution in [0.25, 0.3) is 0 Å². The minimum Gasteiger partial charge on any atom is -0.335 e. The van der Waals surface area contributed by atoms with Crippen molar-refractivity contribution in [1.82, 2.24) is 10.6 Å². The molecule has 0 spiro atoms. The van der Waals surface area contributed by atoms with E-state index in [0.717, 1.165) is 12.0 Å². The smallest absolute Gasteiger partial charge is 0.315 e. The van der Waals surface area contributed by atoms with Gasteiger partial charge in [0.1, 0.15) is 0 Å². The van der Waals surface area contributed by atoms with E-state index in [1.54, 1.807) is 6.26 Å². The molecule has 1 aliphatic rings. The average Bonchev–Trinajstić information content (AvgIpc) is 3.13. The van der Waals surface area contributed by atoms with E-state index in [1.807, 2.05) is 31.2 Å². The van der Waals surface area contributed by atoms with Gasteiger partial charge in [-0.25, -0.2) is 4.79 Å². The molecule has 22 heavy (non-hydrogen) atoms. The van der Waals surface area contributed by atoms with Gasteiger partial charge in [0.15, 0.2) is 0 Å². The third-order valence-corrected chi connectivity index (χ3v) is 5.20. The first kappa shape index (κ1) is 17.3. The van der Waals surface area contributed by atoms with E-state index >= 15 is 0 Å². The second kappa shape index (κ2) is 7.47. The highest BCUT2D eigenvalue weighted by Crippen LogP contribution is 2.47. The van der Waals surface area contributed by atoms with E-state index < -0.39 is 10.8 Å². The Balaban J connectivity index is 2.00. The van der Waals surface area contributed by atoms with Gasteiger partial charge in [0.05, 0.1) is 6.04 Å². The molecule has 2 amide bonds. The first-order valence-corrected chi connectivity index (χ1v) is 9.60. The Morgan fingerprint density at radius 2 is 1.95 bits per heavy atom. The lowest BCUT2D eigenvalue weighted by Gasteiger charge is -2.21. The van der Waals surface area contributed by atoms with Crippen molar-refractivity contribution in [3.63, 3.8) is 0 Å². The molecule has 5 atom stereocenters. The lowest BCUT2D eigenvalue weighted by atomic mass is 10.0. The summed E-state index contributed by atoms with van der Waals surface area (Å²) in [7, 11) is -0.923. The Morgan fingerprint density at radius 1 is 1.36 bits per heavy atom. The van der Waals surface area contributed by atoms with Gasteiger partial charge in [0, 0.05) is 33.9 Å². The van der Waals surface area contributed by atoms with E-state index in [9.17, 15) is 9.00 Å². The molecule has 1 saturated carbocycles. The molecule has 6 heteroatoms. The molecule has 1 aromatic carbocycles. The second-order valence-electron chi connectivity index (χ2n) is 6.16. The van der Waals surface area contributed by atoms with Crippen LogP contribution in [0.4, 0.5) is 4.79 Å². The molecule has 0 aromatic heterocycles. The molecule has 0 aliphatic heterocycles. The van der Waals surface area contributed by atoms with Gasteiger partial charge in [0.2, 0.25) is 0 Å². The van der Waals surface area contributed by atoms with Gasteiger partial charge in [-0.2, -0.15) is 0 Å². The first-order chi connectivity index (χ1) is 10.4. The molecule has 0 unspecified atom stereocenters. The van der Waals surface area contributed by atoms with Crippen LogP contribution in [0.15, 0.2) is 24.3 Å². The highest BCUT2D eigenvalue weighted by atomic mass is 35.5. The van der Waals surface area contributed by atoms with E-state index in [1.165, 1.54) is 0 Å². The number of amides is 2. The summed E-state index contributed by atoms with van der Waals surface area (Å²) in [5.74, 6) is 1.53. The van der Waals surface area contributed by atoms with Crippen molar-refractivity contribution < 1.29 is 9.00 Å². The van der Waals surface area contributed by atoms with Crippen LogP contribution in [0.3, 0.4) is 0 Å². The standard InChI is InChI=1S/C16H23ClN2O2S/c1-10-8-14(10)15(12-4-6-13(17)7-5-12)19-16(20)18-11(2)9-22(3)21/h4-7,10-11,14-15H,8-9H2,1-3H3,(H2,18,19,20)/t10-,11+,14-,15+,22-/m0/s1. The number of hydrogen-bond donors (Lipinski definition) is 2. The molecule has 2 rings (SSSR count). The molecular weight excluding hydrogens is 320 g/mol. The SMILES string of the molecule is C[C@H](C[S@](C)=O)NC(=O)N[C@H](c1ccc(Cl)cc1)[C@H]1C[C@@H]1C. The molecule has 0 heterocycles. The zero-order valence-electron chi connectivity index (χ0n) is 13.1. The maximum absolute atomic E-state index is 12.2. The number of carbonyl (C=O) groups excluding carboxylic acids is 1. The van der Waals surface area contributed by atoms with Crippen molar-refractivity contribution in [1.29, 1.82) is 0 Å². The zero-order chi connectivity index (χ0) is 16.3. The molecule has 122 valence electrons. The van der Waals surface area contributed by atoms with Crippen molar-refractivity contribution in [2.24, 2.45) is 11.8 Å². The molecule has 0 bridgehead atoms. The zero-order valence-corrected chi connectivity index (χ0v) is 14.7. The highest BCUT2D eigenvalue weighted by molar-refractivity contribution is 7.84. The summed E-state index contributed by atoms with van der Waals surface area (Å²) >= 11 is 5.93. The van der Waals surface area contributed by atoms with Gasteiger partial charge < -0.3 is 10.6 Å². The van der Waals surface area contributed by atoms with Gasteiger partial charge in [-0.05, 0) is 42.9 Å². The van der Waals surface area contributed by atoms with Gasteiger partial charge in [-0.1, -0.05) is 30.7 Å². The van der Waals surface area contributed by atoms with Crippen molar-refractivity contribution in [2.45, 2.75) is 32.4 Å². The molecule has 1 fully saturated rings. The van der Waals surface area contributed by atoms with Crippen LogP contribution >= 0.6 is 11.6 Å². The molecule has 1 aliphatic carbocycles. The number of carbonyl (C=O) groups is 1. The van der Waals surface area contributed by atoms with Gasteiger partial charge in [-0.15, -0.1) is 0 Å². The average molecular weight is 343 g/mol. The molecular formula is C16H23ClN2O2S. The van der Waals surface area contributed by atoms with Crippen molar-refractivity contribution in [3.05, 3.63) is 34.9 Å². The van der Waals surface area contributed by atoms with Gasteiger partial charge >= 0.3 is 6.03 Å². The maximum Gasteiger partial charge on any atom is 0.315 e. The number of nitrogens with one attached hydrogen (secondary N) is 2. The number of rotatable bonds is 6. The van der Waals surface area contributed by atoms with E-state index in [2.05, 4.69) is 17.6 Å². The summed E-state index contributed by atoms with van der Waals surface area (Å²) in [5.41, 5.74) is 1.07. The predicted molar refractivity (Wildman–Crippen MR) is 91.5 cm³/mol. The fraction of sp³-hybridized carbons (Fsp3) is 0.562. The van der Waals surface area contributed by atoms with Crippen LogP contribution in [0, 0.1) is 11.8 Å². The fourth-order valence-electron chi connectivity index (χ4n) is 2.72. The maximum atomic E-state index is 12.2. The van der Waals surface area contributed by atoms with Crippen molar-refractivity contribution in [3.8, 4) is 0 Å². The highest BCUT2D eigenvalue weighted by Gasteiger charge is 2.41. The van der Waals surface area contributed by atoms with Crippen LogP contribution in [0.2, 0.25) is 5.02 Å². The normalized spacial score (nSPS) is 24.2. The number of benzene rings is 1. The lowest BCUT2D eigenvalue weighted by molar-refractivity contribution is 0.233. The summed E-state index contributed by atoms with van der Waals surface area (Å²) < 4.78 is 11.2. The molecule has 4 nitrogen and oxygen atoms in total. The molecule has 2 N–H and O–H groups in total. The van der Waals surface area contributed by atoms with Crippen LogP contribution in [-0.2, 0) is 10.8 Å². The second-order valence-corrected chi connectivity index (χ2v) is 8.08. The van der Waals surface area contributed by atoms with Crippen LogP contribution in [0.1, 0.15) is 31.9 Å². The van der Waals surface area contributed by atoms with Crippen molar-refractivity contribution in [2.75, 3.05) is 12.0 Å². The van der Waals surface area contributed by atoms with Crippen LogP contribution in [0.5, 0.6) is 0 Å². The van der Waals surface area contributed by atoms with E-state index in [4.69, 9.17) is 11.6 Å². The summed E-state index contributed by atoms with van der Waals surface area (Å²) in [6.07, 6.45) is 2.75. The lowest BCUT2D eigenvalue weighted by Crippen LogP contribution is -2.44. The Kier molecular flexibility index (Phi) is 5.87. The van der Waals surface area contributed by atoms with Crippen LogP contribution < -0.4 is 10.6 Å². The fourth-order valence-corrected chi connectivity index (χ4v) is 3.64. The Bertz CT molecular complexity index is 550. The predicted octanol–water partition coefficient (Wildman–Crippen LogP) is 3.10. The first-order valence-electron chi connectivity index (χ1n) is 7.49.